The highest BCUT2D eigenvalue weighted by Gasteiger charge is 2.16. The minimum absolute atomic E-state index is 0.00725. The van der Waals surface area contributed by atoms with Gasteiger partial charge in [-0.25, -0.2) is 0 Å². The van der Waals surface area contributed by atoms with Crippen LogP contribution in [0.3, 0.4) is 0 Å². The second-order valence-electron chi connectivity index (χ2n) is 7.98. The molecule has 0 aliphatic carbocycles. The number of halogens is 1. The van der Waals surface area contributed by atoms with Crippen molar-refractivity contribution in [3.05, 3.63) is 81.1 Å². The standard InChI is InChI=1S/C22H20ClN5O2/c1-22(2,3)15-8-4-14(5-9-15)20(30)24-17-12-18(29)25-21-26-19(27-28(17)21)13-6-10-16(23)11-7-13/h4-12H,1-3H3,(H,24,30)(H,25,26,27,29). The molecular formula is C22H20ClN5O2. The van der Waals surface area contributed by atoms with Crippen LogP contribution < -0.4 is 10.9 Å². The molecule has 2 N–H and O–H groups in total. The number of carbonyl (C=O) groups excluding carboxylic acids is 1. The first kappa shape index (κ1) is 19.8. The van der Waals surface area contributed by atoms with Gasteiger partial charge in [0.2, 0.25) is 5.78 Å². The van der Waals surface area contributed by atoms with Crippen molar-refractivity contribution >= 4 is 29.1 Å². The molecule has 2 aromatic heterocycles. The van der Waals surface area contributed by atoms with Gasteiger partial charge in [0.25, 0.3) is 11.5 Å². The van der Waals surface area contributed by atoms with Crippen LogP contribution in [0.15, 0.2) is 59.4 Å². The molecule has 0 radical (unpaired) electrons. The van der Waals surface area contributed by atoms with Crippen molar-refractivity contribution in [3.63, 3.8) is 0 Å². The Balaban J connectivity index is 1.67. The lowest BCUT2D eigenvalue weighted by Crippen LogP contribution is -2.19. The number of H-pyrrole nitrogens is 1. The average Bonchev–Trinajstić information content (AvgIpc) is 3.12. The molecule has 7 nitrogen and oxygen atoms in total. The number of amides is 1. The first-order chi connectivity index (χ1) is 14.2. The third-order valence-corrected chi connectivity index (χ3v) is 4.95. The van der Waals surface area contributed by atoms with Crippen molar-refractivity contribution in [1.82, 2.24) is 19.6 Å². The van der Waals surface area contributed by atoms with E-state index in [0.717, 1.165) is 11.1 Å². The summed E-state index contributed by atoms with van der Waals surface area (Å²) in [5, 5.41) is 7.78. The normalized spacial score (nSPS) is 11.6. The maximum absolute atomic E-state index is 12.7. The lowest BCUT2D eigenvalue weighted by atomic mass is 9.87. The van der Waals surface area contributed by atoms with Gasteiger partial charge in [-0.05, 0) is 47.4 Å². The van der Waals surface area contributed by atoms with Gasteiger partial charge in [0.1, 0.15) is 5.82 Å². The molecule has 8 heteroatoms. The fourth-order valence-corrected chi connectivity index (χ4v) is 3.14. The van der Waals surface area contributed by atoms with E-state index in [1.807, 2.05) is 12.1 Å². The summed E-state index contributed by atoms with van der Waals surface area (Å²) in [7, 11) is 0. The van der Waals surface area contributed by atoms with Crippen LogP contribution in [0.2, 0.25) is 5.02 Å². The van der Waals surface area contributed by atoms with Crippen molar-refractivity contribution in [1.29, 1.82) is 0 Å². The largest absolute Gasteiger partial charge is 0.306 e. The van der Waals surface area contributed by atoms with E-state index in [-0.39, 0.29) is 22.9 Å². The predicted molar refractivity (Wildman–Crippen MR) is 117 cm³/mol. The molecular weight excluding hydrogens is 402 g/mol. The summed E-state index contributed by atoms with van der Waals surface area (Å²) in [6.07, 6.45) is 0. The molecule has 0 saturated heterocycles. The molecule has 4 aromatic rings. The number of aromatic nitrogens is 4. The molecule has 0 unspecified atom stereocenters. The van der Waals surface area contributed by atoms with Crippen LogP contribution in [0.4, 0.5) is 5.82 Å². The highest BCUT2D eigenvalue weighted by molar-refractivity contribution is 6.30. The number of rotatable bonds is 3. The molecule has 4 rings (SSSR count). The van der Waals surface area contributed by atoms with Gasteiger partial charge < -0.3 is 5.32 Å². The second kappa shape index (κ2) is 7.42. The van der Waals surface area contributed by atoms with Gasteiger partial charge in [-0.1, -0.05) is 44.5 Å². The number of nitrogens with one attached hydrogen (secondary N) is 2. The lowest BCUT2D eigenvalue weighted by Gasteiger charge is -2.19. The molecule has 0 saturated carbocycles. The summed E-state index contributed by atoms with van der Waals surface area (Å²) in [5.41, 5.74) is 1.94. The Morgan fingerprint density at radius 2 is 1.73 bits per heavy atom. The third-order valence-electron chi connectivity index (χ3n) is 4.70. The van der Waals surface area contributed by atoms with Crippen molar-refractivity contribution in [2.75, 3.05) is 5.32 Å². The van der Waals surface area contributed by atoms with E-state index in [0.29, 0.717) is 16.4 Å². The van der Waals surface area contributed by atoms with Gasteiger partial charge in [-0.15, -0.1) is 5.10 Å². The maximum atomic E-state index is 12.7. The lowest BCUT2D eigenvalue weighted by molar-refractivity contribution is 0.102. The van der Waals surface area contributed by atoms with Gasteiger partial charge in [0.05, 0.1) is 0 Å². The summed E-state index contributed by atoms with van der Waals surface area (Å²) in [6.45, 7) is 6.33. The molecule has 1 amide bonds. The van der Waals surface area contributed by atoms with E-state index in [9.17, 15) is 9.59 Å². The van der Waals surface area contributed by atoms with Crippen molar-refractivity contribution in [3.8, 4) is 11.4 Å². The number of nitrogens with zero attached hydrogens (tertiary/aromatic N) is 3. The van der Waals surface area contributed by atoms with Gasteiger partial charge in [-0.2, -0.15) is 9.50 Å². The minimum Gasteiger partial charge on any atom is -0.306 e. The van der Waals surface area contributed by atoms with Gasteiger partial charge in [0, 0.05) is 22.2 Å². The Kier molecular flexibility index (Phi) is 4.91. The molecule has 0 aliphatic rings. The SMILES string of the molecule is CC(C)(C)c1ccc(C(=O)Nc2cc(=O)[nH]c3nc(-c4ccc(Cl)cc4)nn23)cc1. The number of fused-ring (bicyclic) bond motifs is 1. The second-order valence-corrected chi connectivity index (χ2v) is 8.41. The van der Waals surface area contributed by atoms with E-state index in [4.69, 9.17) is 11.6 Å². The predicted octanol–water partition coefficient (Wildman–Crippen LogP) is 4.29. The first-order valence-electron chi connectivity index (χ1n) is 9.39. The van der Waals surface area contributed by atoms with Crippen LogP contribution in [0, 0.1) is 0 Å². The molecule has 30 heavy (non-hydrogen) atoms. The van der Waals surface area contributed by atoms with Gasteiger partial charge in [-0.3, -0.25) is 14.6 Å². The Morgan fingerprint density at radius 3 is 2.37 bits per heavy atom. The van der Waals surface area contributed by atoms with Gasteiger partial charge >= 0.3 is 0 Å². The number of carbonyl (C=O) groups is 1. The van der Waals surface area contributed by atoms with Crippen molar-refractivity contribution in [2.45, 2.75) is 26.2 Å². The van der Waals surface area contributed by atoms with Crippen LogP contribution >= 0.6 is 11.6 Å². The molecule has 2 aromatic carbocycles. The van der Waals surface area contributed by atoms with E-state index < -0.39 is 5.56 Å². The van der Waals surface area contributed by atoms with Crippen LogP contribution in [-0.2, 0) is 5.41 Å². The van der Waals surface area contributed by atoms with Crippen molar-refractivity contribution < 1.29 is 4.79 Å². The summed E-state index contributed by atoms with van der Waals surface area (Å²) in [5.74, 6) is 0.515. The quantitative estimate of drug-likeness (QED) is 0.516. The van der Waals surface area contributed by atoms with Crippen LogP contribution in [0.1, 0.15) is 36.7 Å². The minimum atomic E-state index is -0.393. The molecule has 0 spiro atoms. The Morgan fingerprint density at radius 1 is 1.07 bits per heavy atom. The number of hydrogen-bond donors (Lipinski definition) is 2. The maximum Gasteiger partial charge on any atom is 0.256 e. The number of benzene rings is 2. The van der Waals surface area contributed by atoms with E-state index in [1.165, 1.54) is 10.6 Å². The summed E-state index contributed by atoms with van der Waals surface area (Å²) < 4.78 is 1.40. The summed E-state index contributed by atoms with van der Waals surface area (Å²) in [4.78, 5) is 31.8. The third kappa shape index (κ3) is 3.97. The number of hydrogen-bond acceptors (Lipinski definition) is 4. The topological polar surface area (TPSA) is 92.1 Å². The first-order valence-corrected chi connectivity index (χ1v) is 9.76. The van der Waals surface area contributed by atoms with Crippen LogP contribution in [0.5, 0.6) is 0 Å². The van der Waals surface area contributed by atoms with Gasteiger partial charge in [0.15, 0.2) is 5.82 Å². The molecule has 0 atom stereocenters. The smallest absolute Gasteiger partial charge is 0.256 e. The molecule has 0 fully saturated rings. The summed E-state index contributed by atoms with van der Waals surface area (Å²) in [6, 6.07) is 15.7. The van der Waals surface area contributed by atoms with Crippen molar-refractivity contribution in [2.24, 2.45) is 0 Å². The van der Waals surface area contributed by atoms with E-state index in [2.05, 4.69) is 41.2 Å². The highest BCUT2D eigenvalue weighted by atomic mass is 35.5. The Hall–Kier alpha value is -3.45. The van der Waals surface area contributed by atoms with E-state index in [1.54, 1.807) is 36.4 Å². The fourth-order valence-electron chi connectivity index (χ4n) is 3.01. The van der Waals surface area contributed by atoms with Crippen LogP contribution in [0.25, 0.3) is 17.2 Å². The number of aromatic amines is 1. The zero-order valence-electron chi connectivity index (χ0n) is 16.7. The Labute approximate surface area is 177 Å². The zero-order chi connectivity index (χ0) is 21.5. The zero-order valence-corrected chi connectivity index (χ0v) is 17.5. The summed E-state index contributed by atoms with van der Waals surface area (Å²) >= 11 is 5.93. The molecule has 0 aliphatic heterocycles. The average molecular weight is 422 g/mol. The molecule has 0 bridgehead atoms. The highest BCUT2D eigenvalue weighted by Crippen LogP contribution is 2.23. The number of anilines is 1. The molecule has 2 heterocycles. The monoisotopic (exact) mass is 421 g/mol. The van der Waals surface area contributed by atoms with E-state index >= 15 is 0 Å². The Bertz CT molecular complexity index is 1280. The molecule has 152 valence electrons. The fraction of sp³-hybridized carbons (Fsp3) is 0.182. The van der Waals surface area contributed by atoms with Crippen LogP contribution in [-0.4, -0.2) is 25.5 Å².